The molecule has 2 aromatic carbocycles. The minimum absolute atomic E-state index is 0.0398. The van der Waals surface area contributed by atoms with Crippen molar-refractivity contribution < 1.29 is 14.5 Å². The van der Waals surface area contributed by atoms with Crippen LogP contribution in [-0.4, -0.2) is 17.4 Å². The first kappa shape index (κ1) is 19.4. The summed E-state index contributed by atoms with van der Waals surface area (Å²) in [5, 5.41) is 13.7. The van der Waals surface area contributed by atoms with Gasteiger partial charge in [-0.1, -0.05) is 32.9 Å². The SMILES string of the molecule is Cc1cc(NC(=O)COc2ccc(C(C)(C)C)cc2)c([N+](=O)[O-])cc1C. The number of carbonyl (C=O) groups excluding carboxylic acids is 1. The van der Waals surface area contributed by atoms with Crippen molar-refractivity contribution in [1.29, 1.82) is 0 Å². The van der Waals surface area contributed by atoms with E-state index in [2.05, 4.69) is 26.1 Å². The normalized spacial score (nSPS) is 11.1. The maximum atomic E-state index is 12.1. The lowest BCUT2D eigenvalue weighted by atomic mass is 9.87. The van der Waals surface area contributed by atoms with Crippen molar-refractivity contribution in [2.75, 3.05) is 11.9 Å². The summed E-state index contributed by atoms with van der Waals surface area (Å²) in [5.74, 6) is 0.124. The van der Waals surface area contributed by atoms with E-state index < -0.39 is 10.8 Å². The first-order chi connectivity index (χ1) is 12.1. The van der Waals surface area contributed by atoms with Crippen LogP contribution in [0.4, 0.5) is 11.4 Å². The molecule has 0 fully saturated rings. The third kappa shape index (κ3) is 4.81. The van der Waals surface area contributed by atoms with Crippen LogP contribution >= 0.6 is 0 Å². The van der Waals surface area contributed by atoms with Gasteiger partial charge in [-0.25, -0.2) is 0 Å². The number of amides is 1. The van der Waals surface area contributed by atoms with Gasteiger partial charge >= 0.3 is 0 Å². The molecule has 1 N–H and O–H groups in total. The fourth-order valence-electron chi connectivity index (χ4n) is 2.44. The molecule has 6 nitrogen and oxygen atoms in total. The van der Waals surface area contributed by atoms with Gasteiger partial charge in [0.25, 0.3) is 11.6 Å². The third-order valence-electron chi connectivity index (χ3n) is 4.17. The van der Waals surface area contributed by atoms with Crippen LogP contribution in [0.1, 0.15) is 37.5 Å². The Hall–Kier alpha value is -2.89. The van der Waals surface area contributed by atoms with E-state index in [0.717, 1.165) is 11.1 Å². The Bertz CT molecular complexity index is 821. The molecule has 0 spiro atoms. The molecule has 0 atom stereocenters. The molecule has 0 saturated heterocycles. The molecule has 6 heteroatoms. The highest BCUT2D eigenvalue weighted by molar-refractivity contribution is 5.94. The van der Waals surface area contributed by atoms with Crippen LogP contribution in [-0.2, 0) is 10.2 Å². The number of nitro benzene ring substituents is 1. The predicted molar refractivity (Wildman–Crippen MR) is 102 cm³/mol. The van der Waals surface area contributed by atoms with Gasteiger partial charge in [0.2, 0.25) is 0 Å². The summed E-state index contributed by atoms with van der Waals surface area (Å²) in [4.78, 5) is 22.8. The lowest BCUT2D eigenvalue weighted by molar-refractivity contribution is -0.384. The average Bonchev–Trinajstić information content (AvgIpc) is 2.55. The van der Waals surface area contributed by atoms with E-state index in [1.54, 1.807) is 13.0 Å². The molecule has 0 heterocycles. The molecule has 0 aliphatic heterocycles. The molecule has 0 saturated carbocycles. The molecule has 0 radical (unpaired) electrons. The van der Waals surface area contributed by atoms with E-state index >= 15 is 0 Å². The number of aryl methyl sites for hydroxylation is 2. The Labute approximate surface area is 153 Å². The minimum atomic E-state index is -0.506. The van der Waals surface area contributed by atoms with Gasteiger partial charge in [0.15, 0.2) is 6.61 Å². The largest absolute Gasteiger partial charge is 0.484 e. The molecule has 0 aliphatic rings. The number of anilines is 1. The highest BCUT2D eigenvalue weighted by Gasteiger charge is 2.18. The fraction of sp³-hybridized carbons (Fsp3) is 0.350. The number of carbonyl (C=O) groups is 1. The molecule has 0 aliphatic carbocycles. The molecule has 26 heavy (non-hydrogen) atoms. The lowest BCUT2D eigenvalue weighted by Gasteiger charge is -2.19. The molecule has 2 aromatic rings. The Morgan fingerprint density at radius 3 is 2.23 bits per heavy atom. The number of nitrogens with one attached hydrogen (secondary N) is 1. The zero-order valence-electron chi connectivity index (χ0n) is 15.8. The highest BCUT2D eigenvalue weighted by atomic mass is 16.6. The Kier molecular flexibility index (Phi) is 5.65. The molecule has 0 bridgehead atoms. The lowest BCUT2D eigenvalue weighted by Crippen LogP contribution is -2.21. The standard InChI is InChI=1S/C20H24N2O4/c1-13-10-17(18(22(24)25)11-14(13)2)21-19(23)12-26-16-8-6-15(7-9-16)20(3,4)5/h6-11H,12H2,1-5H3,(H,21,23). The van der Waals surface area contributed by atoms with Crippen molar-refractivity contribution in [2.45, 2.75) is 40.0 Å². The van der Waals surface area contributed by atoms with Gasteiger partial charge in [-0.3, -0.25) is 14.9 Å². The second kappa shape index (κ2) is 7.56. The molecule has 138 valence electrons. The molecule has 2 rings (SSSR count). The summed E-state index contributed by atoms with van der Waals surface area (Å²) >= 11 is 0. The van der Waals surface area contributed by atoms with Crippen LogP contribution in [0.15, 0.2) is 36.4 Å². The topological polar surface area (TPSA) is 81.5 Å². The first-order valence-electron chi connectivity index (χ1n) is 8.37. The number of ether oxygens (including phenoxy) is 1. The van der Waals surface area contributed by atoms with Crippen LogP contribution in [0, 0.1) is 24.0 Å². The number of nitro groups is 1. The Morgan fingerprint density at radius 1 is 1.12 bits per heavy atom. The van der Waals surface area contributed by atoms with Crippen LogP contribution < -0.4 is 10.1 Å². The fourth-order valence-corrected chi connectivity index (χ4v) is 2.44. The number of hydrogen-bond acceptors (Lipinski definition) is 4. The van der Waals surface area contributed by atoms with Gasteiger partial charge in [0.1, 0.15) is 11.4 Å². The summed E-state index contributed by atoms with van der Waals surface area (Å²) in [6.45, 7) is 9.76. The molecular weight excluding hydrogens is 332 g/mol. The van der Waals surface area contributed by atoms with Crippen molar-refractivity contribution in [2.24, 2.45) is 0 Å². The van der Waals surface area contributed by atoms with E-state index in [-0.39, 0.29) is 23.4 Å². The quantitative estimate of drug-likeness (QED) is 0.630. The Balaban J connectivity index is 2.03. The van der Waals surface area contributed by atoms with Crippen molar-refractivity contribution >= 4 is 17.3 Å². The first-order valence-corrected chi connectivity index (χ1v) is 8.37. The third-order valence-corrected chi connectivity index (χ3v) is 4.17. The van der Waals surface area contributed by atoms with Crippen molar-refractivity contribution in [3.05, 3.63) is 63.2 Å². The summed E-state index contributed by atoms with van der Waals surface area (Å²) < 4.78 is 5.48. The smallest absolute Gasteiger partial charge is 0.293 e. The van der Waals surface area contributed by atoms with Crippen molar-refractivity contribution in [3.63, 3.8) is 0 Å². The summed E-state index contributed by atoms with van der Waals surface area (Å²) in [7, 11) is 0. The van der Waals surface area contributed by atoms with Gasteiger partial charge in [0, 0.05) is 6.07 Å². The zero-order valence-corrected chi connectivity index (χ0v) is 15.8. The second-order valence-corrected chi connectivity index (χ2v) is 7.32. The molecule has 0 unspecified atom stereocenters. The molecule has 1 amide bonds. The Morgan fingerprint density at radius 2 is 1.69 bits per heavy atom. The van der Waals surface area contributed by atoms with Gasteiger partial charge in [0.05, 0.1) is 4.92 Å². The van der Waals surface area contributed by atoms with E-state index in [4.69, 9.17) is 4.74 Å². The summed E-state index contributed by atoms with van der Waals surface area (Å²) in [6, 6.07) is 10.6. The highest BCUT2D eigenvalue weighted by Crippen LogP contribution is 2.28. The van der Waals surface area contributed by atoms with Gasteiger partial charge < -0.3 is 10.1 Å². The van der Waals surface area contributed by atoms with Gasteiger partial charge in [-0.2, -0.15) is 0 Å². The monoisotopic (exact) mass is 356 g/mol. The maximum absolute atomic E-state index is 12.1. The zero-order chi connectivity index (χ0) is 19.5. The second-order valence-electron chi connectivity index (χ2n) is 7.32. The van der Waals surface area contributed by atoms with E-state index in [9.17, 15) is 14.9 Å². The predicted octanol–water partition coefficient (Wildman–Crippen LogP) is 4.53. The van der Waals surface area contributed by atoms with Gasteiger partial charge in [-0.05, 0) is 54.2 Å². The molecule has 0 aromatic heterocycles. The van der Waals surface area contributed by atoms with E-state index in [0.29, 0.717) is 5.75 Å². The number of rotatable bonds is 5. The van der Waals surface area contributed by atoms with Crippen LogP contribution in [0.3, 0.4) is 0 Å². The van der Waals surface area contributed by atoms with Crippen molar-refractivity contribution in [1.82, 2.24) is 0 Å². The number of hydrogen-bond donors (Lipinski definition) is 1. The number of nitrogens with zero attached hydrogens (tertiary/aromatic N) is 1. The van der Waals surface area contributed by atoms with Gasteiger partial charge in [-0.15, -0.1) is 0 Å². The van der Waals surface area contributed by atoms with Crippen LogP contribution in [0.5, 0.6) is 5.75 Å². The maximum Gasteiger partial charge on any atom is 0.293 e. The number of benzene rings is 2. The molecular formula is C20H24N2O4. The summed E-state index contributed by atoms with van der Waals surface area (Å²) in [6.07, 6.45) is 0. The van der Waals surface area contributed by atoms with Crippen molar-refractivity contribution in [3.8, 4) is 5.75 Å². The van der Waals surface area contributed by atoms with E-state index in [1.807, 2.05) is 31.2 Å². The van der Waals surface area contributed by atoms with E-state index in [1.165, 1.54) is 11.6 Å². The van der Waals surface area contributed by atoms with Crippen LogP contribution in [0.2, 0.25) is 0 Å². The minimum Gasteiger partial charge on any atom is -0.484 e. The van der Waals surface area contributed by atoms with Crippen LogP contribution in [0.25, 0.3) is 0 Å². The average molecular weight is 356 g/mol. The summed E-state index contributed by atoms with van der Waals surface area (Å²) in [5.41, 5.74) is 2.92.